The normalized spacial score (nSPS) is 18.0. The van der Waals surface area contributed by atoms with Crippen molar-refractivity contribution in [1.82, 2.24) is 9.78 Å². The van der Waals surface area contributed by atoms with Crippen molar-refractivity contribution in [3.63, 3.8) is 0 Å². The lowest BCUT2D eigenvalue weighted by atomic mass is 10.0. The van der Waals surface area contributed by atoms with E-state index < -0.39 is 0 Å². The van der Waals surface area contributed by atoms with Gasteiger partial charge in [-0.25, -0.2) is 0 Å². The second kappa shape index (κ2) is 4.79. The Morgan fingerprint density at radius 2 is 2.12 bits per heavy atom. The summed E-state index contributed by atoms with van der Waals surface area (Å²) in [6.07, 6.45) is 8.03. The summed E-state index contributed by atoms with van der Waals surface area (Å²) in [7, 11) is 0. The maximum atomic E-state index is 5.99. The van der Waals surface area contributed by atoms with Gasteiger partial charge in [-0.15, -0.1) is 11.6 Å². The van der Waals surface area contributed by atoms with Gasteiger partial charge in [0, 0.05) is 12.1 Å². The predicted molar refractivity (Wildman–Crippen MR) is 67.9 cm³/mol. The molecule has 0 unspecified atom stereocenters. The average molecular weight is 241 g/mol. The van der Waals surface area contributed by atoms with Gasteiger partial charge in [0.15, 0.2) is 0 Å². The minimum atomic E-state index is 0.384. The van der Waals surface area contributed by atoms with Gasteiger partial charge in [-0.1, -0.05) is 13.8 Å². The summed E-state index contributed by atoms with van der Waals surface area (Å²) in [6.45, 7) is 4.44. The molecule has 1 heterocycles. The fraction of sp³-hybridized carbons (Fsp3) is 0.769. The van der Waals surface area contributed by atoms with E-state index >= 15 is 0 Å². The molecule has 0 amide bonds. The Morgan fingerprint density at radius 1 is 1.44 bits per heavy atom. The zero-order valence-corrected chi connectivity index (χ0v) is 11.0. The topological polar surface area (TPSA) is 17.8 Å². The first-order valence-corrected chi connectivity index (χ1v) is 6.86. The van der Waals surface area contributed by atoms with Crippen molar-refractivity contribution < 1.29 is 0 Å². The van der Waals surface area contributed by atoms with E-state index in [1.165, 1.54) is 18.5 Å². The van der Waals surface area contributed by atoms with Gasteiger partial charge in [0.25, 0.3) is 0 Å². The molecule has 0 radical (unpaired) electrons. The molecular weight excluding hydrogens is 220 g/mol. The summed E-state index contributed by atoms with van der Waals surface area (Å²) >= 11 is 5.99. The summed E-state index contributed by atoms with van der Waals surface area (Å²) < 4.78 is 2.12. The van der Waals surface area contributed by atoms with Crippen molar-refractivity contribution in [2.24, 2.45) is 5.41 Å². The van der Waals surface area contributed by atoms with Gasteiger partial charge in [0.1, 0.15) is 0 Å². The standard InChI is InChI=1S/C13H21ClN2/c1-3-12(4-2)16-8-5-11(15-16)9-13(10-14)6-7-13/h5,8,12H,3-4,6-7,9-10H2,1-2H3. The van der Waals surface area contributed by atoms with Gasteiger partial charge in [-0.2, -0.15) is 5.10 Å². The van der Waals surface area contributed by atoms with Crippen LogP contribution in [-0.4, -0.2) is 15.7 Å². The first-order valence-electron chi connectivity index (χ1n) is 6.33. The number of hydrogen-bond donors (Lipinski definition) is 0. The second-order valence-corrected chi connectivity index (χ2v) is 5.34. The molecular formula is C13H21ClN2. The third kappa shape index (κ3) is 2.42. The Hall–Kier alpha value is -0.500. The molecule has 2 rings (SSSR count). The molecule has 1 aromatic rings. The molecule has 1 aliphatic carbocycles. The van der Waals surface area contributed by atoms with Crippen LogP contribution in [-0.2, 0) is 6.42 Å². The van der Waals surface area contributed by atoms with Crippen LogP contribution >= 0.6 is 11.6 Å². The number of nitrogens with zero attached hydrogens (tertiary/aromatic N) is 2. The molecule has 0 spiro atoms. The van der Waals surface area contributed by atoms with Gasteiger partial charge < -0.3 is 0 Å². The van der Waals surface area contributed by atoms with E-state index in [1.54, 1.807) is 0 Å². The lowest BCUT2D eigenvalue weighted by Gasteiger charge is -2.13. The monoisotopic (exact) mass is 240 g/mol. The lowest BCUT2D eigenvalue weighted by molar-refractivity contribution is 0.422. The smallest absolute Gasteiger partial charge is 0.0630 e. The summed E-state index contributed by atoms with van der Waals surface area (Å²) in [5.74, 6) is 0.783. The van der Waals surface area contributed by atoms with E-state index in [-0.39, 0.29) is 0 Å². The predicted octanol–water partition coefficient (Wildman–Crippen LogP) is 3.81. The van der Waals surface area contributed by atoms with E-state index in [2.05, 4.69) is 35.9 Å². The zero-order chi connectivity index (χ0) is 11.6. The van der Waals surface area contributed by atoms with Crippen molar-refractivity contribution in [2.75, 3.05) is 5.88 Å². The van der Waals surface area contributed by atoms with Crippen LogP contribution in [0.2, 0.25) is 0 Å². The lowest BCUT2D eigenvalue weighted by Crippen LogP contribution is -2.10. The second-order valence-electron chi connectivity index (χ2n) is 5.07. The zero-order valence-electron chi connectivity index (χ0n) is 10.2. The first-order chi connectivity index (χ1) is 7.73. The Balaban J connectivity index is 2.02. The fourth-order valence-electron chi connectivity index (χ4n) is 2.26. The summed E-state index contributed by atoms with van der Waals surface area (Å²) in [6, 6.07) is 2.71. The number of alkyl halides is 1. The maximum absolute atomic E-state index is 5.99. The van der Waals surface area contributed by atoms with E-state index in [9.17, 15) is 0 Å². The van der Waals surface area contributed by atoms with Crippen molar-refractivity contribution in [3.8, 4) is 0 Å². The molecule has 0 saturated heterocycles. The van der Waals surface area contributed by atoms with Crippen molar-refractivity contribution in [1.29, 1.82) is 0 Å². The molecule has 0 aliphatic heterocycles. The SMILES string of the molecule is CCC(CC)n1ccc(CC2(CCl)CC2)n1. The number of rotatable bonds is 6. The van der Waals surface area contributed by atoms with Crippen molar-refractivity contribution >= 4 is 11.6 Å². The molecule has 1 fully saturated rings. The van der Waals surface area contributed by atoms with Crippen LogP contribution in [0.15, 0.2) is 12.3 Å². The molecule has 1 aromatic heterocycles. The van der Waals surface area contributed by atoms with Gasteiger partial charge in [0.2, 0.25) is 0 Å². The molecule has 0 atom stereocenters. The van der Waals surface area contributed by atoms with Crippen LogP contribution in [0, 0.1) is 5.41 Å². The maximum Gasteiger partial charge on any atom is 0.0630 e. The molecule has 0 N–H and O–H groups in total. The third-order valence-electron chi connectivity index (χ3n) is 3.78. The highest BCUT2D eigenvalue weighted by Gasteiger charge is 2.42. The summed E-state index contributed by atoms with van der Waals surface area (Å²) in [5.41, 5.74) is 1.60. The first kappa shape index (κ1) is 12.0. The Morgan fingerprint density at radius 3 is 2.62 bits per heavy atom. The molecule has 2 nitrogen and oxygen atoms in total. The molecule has 1 saturated carbocycles. The fourth-order valence-corrected chi connectivity index (χ4v) is 2.62. The van der Waals surface area contributed by atoms with Crippen LogP contribution in [0.5, 0.6) is 0 Å². The van der Waals surface area contributed by atoms with Gasteiger partial charge in [-0.3, -0.25) is 4.68 Å². The molecule has 90 valence electrons. The van der Waals surface area contributed by atoms with E-state index in [4.69, 9.17) is 11.6 Å². The van der Waals surface area contributed by atoms with Crippen molar-refractivity contribution in [2.45, 2.75) is 52.0 Å². The highest BCUT2D eigenvalue weighted by atomic mass is 35.5. The molecule has 0 aromatic carbocycles. The minimum absolute atomic E-state index is 0.384. The number of hydrogen-bond acceptors (Lipinski definition) is 1. The van der Waals surface area contributed by atoms with Crippen LogP contribution in [0.25, 0.3) is 0 Å². The van der Waals surface area contributed by atoms with E-state index in [0.717, 1.165) is 25.1 Å². The van der Waals surface area contributed by atoms with E-state index in [0.29, 0.717) is 11.5 Å². The highest BCUT2D eigenvalue weighted by Crippen LogP contribution is 2.49. The van der Waals surface area contributed by atoms with Crippen LogP contribution in [0.1, 0.15) is 51.3 Å². The number of halogens is 1. The Bertz CT molecular complexity index is 337. The van der Waals surface area contributed by atoms with Gasteiger partial charge in [-0.05, 0) is 43.6 Å². The van der Waals surface area contributed by atoms with Crippen LogP contribution < -0.4 is 0 Å². The number of aromatic nitrogens is 2. The van der Waals surface area contributed by atoms with Gasteiger partial charge >= 0.3 is 0 Å². The quantitative estimate of drug-likeness (QED) is 0.692. The highest BCUT2D eigenvalue weighted by molar-refractivity contribution is 6.18. The van der Waals surface area contributed by atoms with Crippen molar-refractivity contribution in [3.05, 3.63) is 18.0 Å². The third-order valence-corrected chi connectivity index (χ3v) is 4.34. The molecule has 1 aliphatic rings. The van der Waals surface area contributed by atoms with Crippen LogP contribution in [0.3, 0.4) is 0 Å². The Kier molecular flexibility index (Phi) is 3.58. The Labute approximate surface area is 103 Å². The summed E-state index contributed by atoms with van der Waals surface area (Å²) in [4.78, 5) is 0. The average Bonchev–Trinajstić information content (AvgIpc) is 2.93. The molecule has 16 heavy (non-hydrogen) atoms. The van der Waals surface area contributed by atoms with Crippen LogP contribution in [0.4, 0.5) is 0 Å². The van der Waals surface area contributed by atoms with Gasteiger partial charge in [0.05, 0.1) is 11.7 Å². The molecule has 0 bridgehead atoms. The summed E-state index contributed by atoms with van der Waals surface area (Å²) in [5, 5.41) is 4.68. The largest absolute Gasteiger partial charge is 0.269 e. The van der Waals surface area contributed by atoms with E-state index in [1.807, 2.05) is 0 Å². The minimum Gasteiger partial charge on any atom is -0.269 e. The molecule has 3 heteroatoms.